The molecule has 17 heavy (non-hydrogen) atoms. The molecule has 0 fully saturated rings. The number of rotatable bonds is 2. The Kier molecular flexibility index (Phi) is 3.82. The summed E-state index contributed by atoms with van der Waals surface area (Å²) in [4.78, 5) is 1.45. The monoisotopic (exact) mass is 307 g/mol. The summed E-state index contributed by atoms with van der Waals surface area (Å²) in [6.45, 7) is 0. The summed E-state index contributed by atoms with van der Waals surface area (Å²) < 4.78 is 14.3. The van der Waals surface area contributed by atoms with Gasteiger partial charge in [-0.3, -0.25) is 0 Å². The van der Waals surface area contributed by atoms with Crippen LogP contribution in [0.4, 0.5) is 4.39 Å². The highest BCUT2D eigenvalue weighted by atomic mass is 79.9. The molecule has 0 saturated heterocycles. The topological polar surface area (TPSA) is 23.8 Å². The van der Waals surface area contributed by atoms with E-state index in [1.807, 2.05) is 0 Å². The number of hydrogen-bond donors (Lipinski definition) is 0. The van der Waals surface area contributed by atoms with E-state index in [1.165, 1.54) is 17.8 Å². The summed E-state index contributed by atoms with van der Waals surface area (Å²) in [6.07, 6.45) is 0. The minimum absolute atomic E-state index is 0.242. The lowest BCUT2D eigenvalue weighted by molar-refractivity contribution is 0.602. The molecule has 1 nitrogen and oxygen atoms in total. The SMILES string of the molecule is N#Cc1ccc(Sc2ccccc2F)c(Br)c1. The van der Waals surface area contributed by atoms with Gasteiger partial charge in [0.15, 0.2) is 0 Å². The molecule has 0 radical (unpaired) electrons. The van der Waals surface area contributed by atoms with E-state index in [0.717, 1.165) is 9.37 Å². The van der Waals surface area contributed by atoms with E-state index >= 15 is 0 Å². The van der Waals surface area contributed by atoms with Gasteiger partial charge in [0.25, 0.3) is 0 Å². The minimum Gasteiger partial charge on any atom is -0.206 e. The molecule has 0 aromatic heterocycles. The summed E-state index contributed by atoms with van der Waals surface area (Å²) in [7, 11) is 0. The number of nitrogens with zero attached hydrogens (tertiary/aromatic N) is 1. The van der Waals surface area contributed by atoms with Crippen molar-refractivity contribution in [2.45, 2.75) is 9.79 Å². The fourth-order valence-electron chi connectivity index (χ4n) is 1.30. The van der Waals surface area contributed by atoms with Gasteiger partial charge in [0.2, 0.25) is 0 Å². The first-order valence-electron chi connectivity index (χ1n) is 4.83. The second-order valence-corrected chi connectivity index (χ2v) is 5.23. The third-order valence-corrected chi connectivity index (χ3v) is 4.16. The fraction of sp³-hybridized carbons (Fsp3) is 0. The third kappa shape index (κ3) is 2.87. The fourth-order valence-corrected chi connectivity index (χ4v) is 2.76. The molecule has 4 heteroatoms. The molecule has 0 unspecified atom stereocenters. The first kappa shape index (κ1) is 12.2. The zero-order chi connectivity index (χ0) is 12.3. The van der Waals surface area contributed by atoms with Crippen LogP contribution in [0.5, 0.6) is 0 Å². The Hall–Kier alpha value is -1.31. The number of nitriles is 1. The Balaban J connectivity index is 2.32. The Morgan fingerprint density at radius 2 is 1.88 bits per heavy atom. The molecule has 0 atom stereocenters. The van der Waals surface area contributed by atoms with Crippen molar-refractivity contribution in [1.29, 1.82) is 5.26 Å². The molecule has 0 aliphatic heterocycles. The number of hydrogen-bond acceptors (Lipinski definition) is 2. The quantitative estimate of drug-likeness (QED) is 0.809. The van der Waals surface area contributed by atoms with Crippen LogP contribution >= 0.6 is 27.7 Å². The Morgan fingerprint density at radius 3 is 2.53 bits per heavy atom. The second kappa shape index (κ2) is 5.35. The maximum Gasteiger partial charge on any atom is 0.137 e. The second-order valence-electron chi connectivity index (χ2n) is 3.29. The first-order valence-corrected chi connectivity index (χ1v) is 6.43. The Bertz CT molecular complexity index is 592. The lowest BCUT2D eigenvalue weighted by atomic mass is 10.2. The molecule has 0 aliphatic rings. The van der Waals surface area contributed by atoms with Crippen LogP contribution in [-0.4, -0.2) is 0 Å². The van der Waals surface area contributed by atoms with Crippen LogP contribution in [0.3, 0.4) is 0 Å². The molecular formula is C13H7BrFNS. The van der Waals surface area contributed by atoms with Crippen LogP contribution < -0.4 is 0 Å². The highest BCUT2D eigenvalue weighted by molar-refractivity contribution is 9.10. The van der Waals surface area contributed by atoms with Gasteiger partial charge in [-0.15, -0.1) is 0 Å². The van der Waals surface area contributed by atoms with Gasteiger partial charge in [-0.1, -0.05) is 23.9 Å². The summed E-state index contributed by atoms with van der Waals surface area (Å²) in [5.41, 5.74) is 0.578. The van der Waals surface area contributed by atoms with E-state index in [0.29, 0.717) is 10.5 Å². The smallest absolute Gasteiger partial charge is 0.137 e. The predicted octanol–water partition coefficient (Wildman–Crippen LogP) is 4.61. The summed E-state index contributed by atoms with van der Waals surface area (Å²) in [6, 6.07) is 13.9. The molecule has 2 rings (SSSR count). The van der Waals surface area contributed by atoms with E-state index in [-0.39, 0.29) is 5.82 Å². The van der Waals surface area contributed by atoms with Crippen molar-refractivity contribution in [3.05, 3.63) is 58.3 Å². The molecule has 0 N–H and O–H groups in total. The molecule has 84 valence electrons. The van der Waals surface area contributed by atoms with Crippen molar-refractivity contribution < 1.29 is 4.39 Å². The molecule has 0 amide bonds. The van der Waals surface area contributed by atoms with Crippen molar-refractivity contribution in [3.63, 3.8) is 0 Å². The van der Waals surface area contributed by atoms with Crippen LogP contribution in [-0.2, 0) is 0 Å². The van der Waals surface area contributed by atoms with Gasteiger partial charge in [0, 0.05) is 14.3 Å². The summed E-state index contributed by atoms with van der Waals surface area (Å²) >= 11 is 4.70. The lowest BCUT2D eigenvalue weighted by Crippen LogP contribution is -1.82. The van der Waals surface area contributed by atoms with Gasteiger partial charge in [0.1, 0.15) is 5.82 Å². The zero-order valence-corrected chi connectivity index (χ0v) is 11.1. The summed E-state index contributed by atoms with van der Waals surface area (Å²) in [5.74, 6) is -0.242. The minimum atomic E-state index is -0.242. The summed E-state index contributed by atoms with van der Waals surface area (Å²) in [5, 5.41) is 8.75. The van der Waals surface area contributed by atoms with E-state index < -0.39 is 0 Å². The number of benzene rings is 2. The van der Waals surface area contributed by atoms with Crippen LogP contribution in [0, 0.1) is 17.1 Å². The van der Waals surface area contributed by atoms with Crippen molar-refractivity contribution in [1.82, 2.24) is 0 Å². The van der Waals surface area contributed by atoms with Gasteiger partial charge >= 0.3 is 0 Å². The van der Waals surface area contributed by atoms with E-state index in [1.54, 1.807) is 36.4 Å². The van der Waals surface area contributed by atoms with Gasteiger partial charge < -0.3 is 0 Å². The molecule has 2 aromatic rings. The van der Waals surface area contributed by atoms with E-state index in [2.05, 4.69) is 22.0 Å². The average Bonchev–Trinajstić information content (AvgIpc) is 2.34. The van der Waals surface area contributed by atoms with Crippen molar-refractivity contribution in [2.75, 3.05) is 0 Å². The molecule has 0 saturated carbocycles. The van der Waals surface area contributed by atoms with Gasteiger partial charge in [-0.25, -0.2) is 4.39 Å². The normalized spacial score (nSPS) is 9.94. The number of halogens is 2. The van der Waals surface area contributed by atoms with Crippen LogP contribution in [0.2, 0.25) is 0 Å². The first-order chi connectivity index (χ1) is 8.20. The zero-order valence-electron chi connectivity index (χ0n) is 8.65. The molecule has 0 bridgehead atoms. The Morgan fingerprint density at radius 1 is 1.12 bits per heavy atom. The molecular weight excluding hydrogens is 301 g/mol. The third-order valence-electron chi connectivity index (χ3n) is 2.12. The molecule has 0 heterocycles. The molecule has 0 aliphatic carbocycles. The molecule has 2 aromatic carbocycles. The van der Waals surface area contributed by atoms with Crippen molar-refractivity contribution >= 4 is 27.7 Å². The Labute approximate surface area is 111 Å². The van der Waals surface area contributed by atoms with Crippen LogP contribution in [0.15, 0.2) is 56.7 Å². The standard InChI is InChI=1S/C13H7BrFNS/c14-10-7-9(8-16)5-6-12(10)17-13-4-2-1-3-11(13)15/h1-7H. The van der Waals surface area contributed by atoms with Crippen LogP contribution in [0.25, 0.3) is 0 Å². The van der Waals surface area contributed by atoms with Crippen molar-refractivity contribution in [3.8, 4) is 6.07 Å². The molecule has 0 spiro atoms. The highest BCUT2D eigenvalue weighted by Crippen LogP contribution is 2.35. The maximum atomic E-state index is 13.5. The van der Waals surface area contributed by atoms with Gasteiger partial charge in [-0.05, 0) is 46.3 Å². The average molecular weight is 308 g/mol. The van der Waals surface area contributed by atoms with Gasteiger partial charge in [0.05, 0.1) is 11.6 Å². The van der Waals surface area contributed by atoms with Gasteiger partial charge in [-0.2, -0.15) is 5.26 Å². The largest absolute Gasteiger partial charge is 0.206 e. The predicted molar refractivity (Wildman–Crippen MR) is 69.4 cm³/mol. The lowest BCUT2D eigenvalue weighted by Gasteiger charge is -2.05. The van der Waals surface area contributed by atoms with Crippen molar-refractivity contribution in [2.24, 2.45) is 0 Å². The maximum absolute atomic E-state index is 13.5. The van der Waals surface area contributed by atoms with Crippen LogP contribution in [0.1, 0.15) is 5.56 Å². The van der Waals surface area contributed by atoms with E-state index in [4.69, 9.17) is 5.26 Å². The highest BCUT2D eigenvalue weighted by Gasteiger charge is 2.06. The van der Waals surface area contributed by atoms with E-state index in [9.17, 15) is 4.39 Å².